The van der Waals surface area contributed by atoms with Crippen LogP contribution in [0.1, 0.15) is 18.4 Å². The van der Waals surface area contributed by atoms with Gasteiger partial charge in [0.2, 0.25) is 0 Å². The monoisotopic (exact) mass is 269 g/mol. The van der Waals surface area contributed by atoms with Crippen LogP contribution >= 0.6 is 0 Å². The quantitative estimate of drug-likeness (QED) is 0.812. The molecule has 0 bridgehead atoms. The Labute approximate surface area is 108 Å². The van der Waals surface area contributed by atoms with Gasteiger partial charge in [0, 0.05) is 32.4 Å². The van der Waals surface area contributed by atoms with Crippen molar-refractivity contribution in [3.63, 3.8) is 0 Å². The summed E-state index contributed by atoms with van der Waals surface area (Å²) in [5.41, 5.74) is 7.27. The first-order valence-electron chi connectivity index (χ1n) is 5.95. The number of anilines is 1. The normalized spacial score (nSPS) is 16.4. The summed E-state index contributed by atoms with van der Waals surface area (Å²) in [6, 6.07) is 7.48. The third-order valence-electron chi connectivity index (χ3n) is 3.03. The van der Waals surface area contributed by atoms with Crippen molar-refractivity contribution in [2.45, 2.75) is 25.4 Å². The van der Waals surface area contributed by atoms with Crippen LogP contribution in [0.4, 0.5) is 5.69 Å². The van der Waals surface area contributed by atoms with Gasteiger partial charge in [-0.3, -0.25) is 0 Å². The zero-order valence-electron chi connectivity index (χ0n) is 10.7. The molecule has 0 heterocycles. The predicted molar refractivity (Wildman–Crippen MR) is 72.0 cm³/mol. The number of nitrogens with zero attached hydrogens (tertiary/aromatic N) is 2. The number of hydrogen-bond acceptors (Lipinski definition) is 3. The van der Waals surface area contributed by atoms with Crippen molar-refractivity contribution < 1.29 is 8.42 Å². The Balaban J connectivity index is 2.19. The second-order valence-electron chi connectivity index (χ2n) is 4.81. The van der Waals surface area contributed by atoms with Crippen LogP contribution < -0.4 is 5.73 Å². The van der Waals surface area contributed by atoms with Crippen LogP contribution in [-0.4, -0.2) is 37.2 Å². The van der Waals surface area contributed by atoms with E-state index in [0.717, 1.165) is 18.4 Å². The Morgan fingerprint density at radius 2 is 1.78 bits per heavy atom. The maximum absolute atomic E-state index is 12.2. The molecule has 6 heteroatoms. The summed E-state index contributed by atoms with van der Waals surface area (Å²) in [7, 11) is -0.222. The van der Waals surface area contributed by atoms with Gasteiger partial charge in [-0.15, -0.1) is 0 Å². The van der Waals surface area contributed by atoms with E-state index in [-0.39, 0.29) is 6.04 Å². The van der Waals surface area contributed by atoms with Crippen LogP contribution in [-0.2, 0) is 16.8 Å². The number of hydrogen-bond donors (Lipinski definition) is 1. The summed E-state index contributed by atoms with van der Waals surface area (Å²) in [5, 5.41) is 0. The fourth-order valence-corrected chi connectivity index (χ4v) is 3.09. The van der Waals surface area contributed by atoms with Crippen molar-refractivity contribution in [3.8, 4) is 0 Å². The number of benzene rings is 1. The first-order valence-corrected chi connectivity index (χ1v) is 7.34. The lowest BCUT2D eigenvalue weighted by atomic mass is 10.2. The molecule has 1 aliphatic carbocycles. The van der Waals surface area contributed by atoms with E-state index < -0.39 is 10.2 Å². The average molecular weight is 269 g/mol. The number of nitrogens with two attached hydrogens (primary N) is 1. The fourth-order valence-electron chi connectivity index (χ4n) is 1.77. The van der Waals surface area contributed by atoms with Gasteiger partial charge in [-0.05, 0) is 30.5 Å². The highest BCUT2D eigenvalue weighted by molar-refractivity contribution is 7.86. The topological polar surface area (TPSA) is 66.6 Å². The van der Waals surface area contributed by atoms with Crippen LogP contribution in [0.15, 0.2) is 24.3 Å². The van der Waals surface area contributed by atoms with Gasteiger partial charge < -0.3 is 5.73 Å². The summed E-state index contributed by atoms with van der Waals surface area (Å²) >= 11 is 0. The zero-order valence-corrected chi connectivity index (χ0v) is 11.5. The van der Waals surface area contributed by atoms with Crippen molar-refractivity contribution in [1.82, 2.24) is 8.61 Å². The maximum Gasteiger partial charge on any atom is 0.282 e. The number of rotatable bonds is 5. The first-order chi connectivity index (χ1) is 8.41. The van der Waals surface area contributed by atoms with Gasteiger partial charge in [0.05, 0.1) is 0 Å². The lowest BCUT2D eigenvalue weighted by Crippen LogP contribution is -2.40. The minimum absolute atomic E-state index is 0.148. The molecule has 0 unspecified atom stereocenters. The Hall–Kier alpha value is -1.11. The van der Waals surface area contributed by atoms with Gasteiger partial charge in [0.25, 0.3) is 10.2 Å². The molecule has 0 amide bonds. The van der Waals surface area contributed by atoms with E-state index in [0.29, 0.717) is 12.2 Å². The van der Waals surface area contributed by atoms with Gasteiger partial charge in [-0.25, -0.2) is 0 Å². The zero-order chi connectivity index (χ0) is 13.3. The van der Waals surface area contributed by atoms with Crippen molar-refractivity contribution in [2.75, 3.05) is 19.8 Å². The Bertz CT molecular complexity index is 507. The van der Waals surface area contributed by atoms with Gasteiger partial charge in [-0.1, -0.05) is 12.1 Å². The molecule has 1 fully saturated rings. The second kappa shape index (κ2) is 4.87. The van der Waals surface area contributed by atoms with Gasteiger partial charge >= 0.3 is 0 Å². The SMILES string of the molecule is CN(C)S(=O)(=O)N(Cc1ccc(N)cc1)C1CC1. The van der Waals surface area contributed by atoms with Crippen LogP contribution in [0, 0.1) is 0 Å². The molecule has 2 rings (SSSR count). The summed E-state index contributed by atoms with van der Waals surface area (Å²) in [6.07, 6.45) is 1.89. The fraction of sp³-hybridized carbons (Fsp3) is 0.500. The van der Waals surface area contributed by atoms with Gasteiger partial charge in [0.1, 0.15) is 0 Å². The smallest absolute Gasteiger partial charge is 0.282 e. The minimum Gasteiger partial charge on any atom is -0.399 e. The standard InChI is InChI=1S/C12H19N3O2S/c1-14(2)18(16,17)15(12-7-8-12)9-10-3-5-11(13)6-4-10/h3-6,12H,7-9,13H2,1-2H3. The van der Waals surface area contributed by atoms with Crippen molar-refractivity contribution in [1.29, 1.82) is 0 Å². The Morgan fingerprint density at radius 1 is 1.22 bits per heavy atom. The van der Waals surface area contributed by atoms with E-state index >= 15 is 0 Å². The van der Waals surface area contributed by atoms with Crippen LogP contribution in [0.2, 0.25) is 0 Å². The van der Waals surface area contributed by atoms with Crippen LogP contribution in [0.5, 0.6) is 0 Å². The van der Waals surface area contributed by atoms with E-state index in [1.54, 1.807) is 30.5 Å². The van der Waals surface area contributed by atoms with Gasteiger partial charge in [0.15, 0.2) is 0 Å². The molecule has 0 aliphatic heterocycles. The number of nitrogen functional groups attached to an aromatic ring is 1. The molecule has 0 atom stereocenters. The summed E-state index contributed by atoms with van der Waals surface area (Å²) in [6.45, 7) is 0.408. The molecule has 1 aromatic carbocycles. The predicted octanol–water partition coefficient (Wildman–Crippen LogP) is 1.04. The molecule has 0 radical (unpaired) electrons. The van der Waals surface area contributed by atoms with E-state index in [2.05, 4.69) is 0 Å². The molecule has 5 nitrogen and oxygen atoms in total. The van der Waals surface area contributed by atoms with Crippen molar-refractivity contribution in [3.05, 3.63) is 29.8 Å². The molecular weight excluding hydrogens is 250 g/mol. The molecule has 1 aliphatic rings. The van der Waals surface area contributed by atoms with Crippen molar-refractivity contribution in [2.24, 2.45) is 0 Å². The highest BCUT2D eigenvalue weighted by Gasteiger charge is 2.38. The largest absolute Gasteiger partial charge is 0.399 e. The third kappa shape index (κ3) is 2.82. The highest BCUT2D eigenvalue weighted by atomic mass is 32.2. The molecule has 0 aromatic heterocycles. The van der Waals surface area contributed by atoms with E-state index in [4.69, 9.17) is 5.73 Å². The van der Waals surface area contributed by atoms with E-state index in [9.17, 15) is 8.42 Å². The molecular formula is C12H19N3O2S. The molecule has 1 aromatic rings. The second-order valence-corrected chi connectivity index (χ2v) is 6.90. The van der Waals surface area contributed by atoms with Crippen molar-refractivity contribution >= 4 is 15.9 Å². The van der Waals surface area contributed by atoms with E-state index in [1.807, 2.05) is 12.1 Å². The average Bonchev–Trinajstić information content (AvgIpc) is 3.11. The highest BCUT2D eigenvalue weighted by Crippen LogP contribution is 2.31. The maximum atomic E-state index is 12.2. The molecule has 2 N–H and O–H groups in total. The summed E-state index contributed by atoms with van der Waals surface area (Å²) < 4.78 is 27.3. The van der Waals surface area contributed by atoms with E-state index in [1.165, 1.54) is 4.31 Å². The summed E-state index contributed by atoms with van der Waals surface area (Å²) in [4.78, 5) is 0. The molecule has 100 valence electrons. The lowest BCUT2D eigenvalue weighted by molar-refractivity contribution is 0.363. The Morgan fingerprint density at radius 3 is 2.22 bits per heavy atom. The lowest BCUT2D eigenvalue weighted by Gasteiger charge is -2.25. The van der Waals surface area contributed by atoms with Crippen LogP contribution in [0.25, 0.3) is 0 Å². The molecule has 1 saturated carbocycles. The third-order valence-corrected chi connectivity index (χ3v) is 4.97. The molecule has 0 saturated heterocycles. The molecule has 18 heavy (non-hydrogen) atoms. The van der Waals surface area contributed by atoms with Gasteiger partial charge in [-0.2, -0.15) is 17.0 Å². The Kier molecular flexibility index (Phi) is 3.61. The summed E-state index contributed by atoms with van der Waals surface area (Å²) in [5.74, 6) is 0. The first kappa shape index (κ1) is 13.3. The minimum atomic E-state index is -3.35. The molecule has 0 spiro atoms. The van der Waals surface area contributed by atoms with Crippen LogP contribution in [0.3, 0.4) is 0 Å².